The minimum Gasteiger partial charge on any atom is -0.493 e. The molecule has 87 valence electrons. The van der Waals surface area contributed by atoms with Crippen LogP contribution in [-0.2, 0) is 0 Å². The Balaban J connectivity index is 2.22. The Morgan fingerprint density at radius 2 is 1.76 bits per heavy atom. The van der Waals surface area contributed by atoms with Crippen LogP contribution in [0.3, 0.4) is 0 Å². The fourth-order valence-electron chi connectivity index (χ4n) is 1.46. The van der Waals surface area contributed by atoms with E-state index < -0.39 is 0 Å². The van der Waals surface area contributed by atoms with Gasteiger partial charge in [-0.2, -0.15) is 0 Å². The van der Waals surface area contributed by atoms with Crippen molar-refractivity contribution in [3.05, 3.63) is 48.5 Å². The van der Waals surface area contributed by atoms with E-state index in [0.29, 0.717) is 17.2 Å². The summed E-state index contributed by atoms with van der Waals surface area (Å²) in [7, 11) is 3.20. The molecular weight excluding hydrogens is 216 g/mol. The lowest BCUT2D eigenvalue weighted by molar-refractivity contribution is 0.352. The molecule has 2 aromatic rings. The molecule has 1 radical (unpaired) electrons. The molecule has 0 aliphatic heterocycles. The lowest BCUT2D eigenvalue weighted by Crippen LogP contribution is -1.91. The van der Waals surface area contributed by atoms with Crippen molar-refractivity contribution in [1.82, 2.24) is 0 Å². The van der Waals surface area contributed by atoms with Crippen molar-refractivity contribution in [3.8, 4) is 23.0 Å². The highest BCUT2D eigenvalue weighted by Crippen LogP contribution is 2.32. The molecule has 2 aromatic carbocycles. The number of benzene rings is 2. The lowest BCUT2D eigenvalue weighted by atomic mass is 10.3. The van der Waals surface area contributed by atoms with Crippen LogP contribution >= 0.6 is 0 Å². The fourth-order valence-corrected chi connectivity index (χ4v) is 1.46. The minimum absolute atomic E-state index is 0.643. The Bertz CT molecular complexity index is 480. The predicted octanol–water partition coefficient (Wildman–Crippen LogP) is 3.30. The predicted molar refractivity (Wildman–Crippen MR) is 64.9 cm³/mol. The zero-order chi connectivity index (χ0) is 12.1. The van der Waals surface area contributed by atoms with E-state index in [-0.39, 0.29) is 0 Å². The van der Waals surface area contributed by atoms with Crippen LogP contribution in [-0.4, -0.2) is 14.2 Å². The summed E-state index contributed by atoms with van der Waals surface area (Å²) in [6, 6.07) is 15.7. The van der Waals surface area contributed by atoms with E-state index in [2.05, 4.69) is 6.07 Å². The summed E-state index contributed by atoms with van der Waals surface area (Å²) in [5.41, 5.74) is 0. The zero-order valence-corrected chi connectivity index (χ0v) is 9.77. The van der Waals surface area contributed by atoms with Crippen LogP contribution < -0.4 is 14.2 Å². The van der Waals surface area contributed by atoms with Gasteiger partial charge in [0.05, 0.1) is 14.2 Å². The Hall–Kier alpha value is -2.16. The smallest absolute Gasteiger partial charge is 0.164 e. The van der Waals surface area contributed by atoms with Gasteiger partial charge in [-0.25, -0.2) is 0 Å². The molecule has 0 spiro atoms. The normalized spacial score (nSPS) is 9.76. The third kappa shape index (κ3) is 2.69. The highest BCUT2D eigenvalue weighted by Gasteiger charge is 2.05. The standard InChI is InChI=1S/C14H13O3/c1-15-13-9-8-12(10-14(13)16-2)17-11-6-4-3-5-7-11/h3-4,6-10H,1-2H3. The Morgan fingerprint density at radius 1 is 0.941 bits per heavy atom. The maximum Gasteiger partial charge on any atom is 0.164 e. The summed E-state index contributed by atoms with van der Waals surface area (Å²) in [4.78, 5) is 0. The van der Waals surface area contributed by atoms with Crippen molar-refractivity contribution >= 4 is 0 Å². The number of methoxy groups -OCH3 is 2. The van der Waals surface area contributed by atoms with Crippen molar-refractivity contribution < 1.29 is 14.2 Å². The van der Waals surface area contributed by atoms with E-state index in [1.54, 1.807) is 32.4 Å². The van der Waals surface area contributed by atoms with Crippen molar-refractivity contribution in [2.75, 3.05) is 14.2 Å². The van der Waals surface area contributed by atoms with Crippen LogP contribution in [0.5, 0.6) is 23.0 Å². The summed E-state index contributed by atoms with van der Waals surface area (Å²) in [5.74, 6) is 2.76. The first-order valence-electron chi connectivity index (χ1n) is 5.19. The molecule has 0 aliphatic carbocycles. The van der Waals surface area contributed by atoms with E-state index in [0.717, 1.165) is 5.75 Å². The van der Waals surface area contributed by atoms with Crippen molar-refractivity contribution in [3.63, 3.8) is 0 Å². The van der Waals surface area contributed by atoms with Crippen LogP contribution in [0.2, 0.25) is 0 Å². The lowest BCUT2D eigenvalue weighted by Gasteiger charge is -2.10. The molecule has 3 nitrogen and oxygen atoms in total. The molecule has 0 amide bonds. The van der Waals surface area contributed by atoms with Gasteiger partial charge in [-0.05, 0) is 30.3 Å². The van der Waals surface area contributed by atoms with Gasteiger partial charge in [-0.3, -0.25) is 0 Å². The topological polar surface area (TPSA) is 27.7 Å². The molecule has 0 aromatic heterocycles. The third-order valence-electron chi connectivity index (χ3n) is 2.27. The average molecular weight is 229 g/mol. The molecule has 0 aliphatic rings. The van der Waals surface area contributed by atoms with Gasteiger partial charge in [-0.15, -0.1) is 0 Å². The van der Waals surface area contributed by atoms with Gasteiger partial charge in [0.2, 0.25) is 0 Å². The summed E-state index contributed by atoms with van der Waals surface area (Å²) >= 11 is 0. The van der Waals surface area contributed by atoms with Crippen LogP contribution in [0.1, 0.15) is 0 Å². The molecule has 17 heavy (non-hydrogen) atoms. The van der Waals surface area contributed by atoms with Crippen LogP contribution in [0.4, 0.5) is 0 Å². The van der Waals surface area contributed by atoms with Crippen molar-refractivity contribution in [1.29, 1.82) is 0 Å². The highest BCUT2D eigenvalue weighted by atomic mass is 16.5. The second-order valence-electron chi connectivity index (χ2n) is 3.36. The van der Waals surface area contributed by atoms with Gasteiger partial charge in [0.1, 0.15) is 11.5 Å². The Morgan fingerprint density at radius 3 is 2.41 bits per heavy atom. The van der Waals surface area contributed by atoms with E-state index in [1.165, 1.54) is 0 Å². The molecule has 0 fully saturated rings. The Labute approximate surface area is 101 Å². The number of ether oxygens (including phenoxy) is 3. The van der Waals surface area contributed by atoms with E-state index in [9.17, 15) is 0 Å². The van der Waals surface area contributed by atoms with Crippen LogP contribution in [0, 0.1) is 6.07 Å². The number of hydrogen-bond donors (Lipinski definition) is 0. The molecule has 2 rings (SSSR count). The molecule has 0 unspecified atom stereocenters. The monoisotopic (exact) mass is 229 g/mol. The quantitative estimate of drug-likeness (QED) is 0.805. The largest absolute Gasteiger partial charge is 0.493 e. The second kappa shape index (κ2) is 5.25. The first-order valence-corrected chi connectivity index (χ1v) is 5.19. The summed E-state index contributed by atoms with van der Waals surface area (Å²) in [6.45, 7) is 0. The number of hydrogen-bond acceptors (Lipinski definition) is 3. The molecule has 0 bridgehead atoms. The molecule has 0 heterocycles. The molecular formula is C14H13O3. The van der Waals surface area contributed by atoms with Crippen LogP contribution in [0.15, 0.2) is 42.5 Å². The minimum atomic E-state index is 0.643. The summed E-state index contributed by atoms with van der Waals surface area (Å²) < 4.78 is 16.0. The molecule has 0 saturated carbocycles. The summed E-state index contributed by atoms with van der Waals surface area (Å²) in [6.07, 6.45) is 0. The van der Waals surface area contributed by atoms with E-state index >= 15 is 0 Å². The van der Waals surface area contributed by atoms with Gasteiger partial charge < -0.3 is 14.2 Å². The second-order valence-corrected chi connectivity index (χ2v) is 3.36. The SMILES string of the molecule is COc1ccc(Oc2c[c]ccc2)cc1OC. The summed E-state index contributed by atoms with van der Waals surface area (Å²) in [5, 5.41) is 0. The van der Waals surface area contributed by atoms with Crippen molar-refractivity contribution in [2.24, 2.45) is 0 Å². The van der Waals surface area contributed by atoms with E-state index in [4.69, 9.17) is 14.2 Å². The van der Waals surface area contributed by atoms with E-state index in [1.807, 2.05) is 24.3 Å². The van der Waals surface area contributed by atoms with Crippen molar-refractivity contribution in [2.45, 2.75) is 0 Å². The van der Waals surface area contributed by atoms with Gasteiger partial charge in [0, 0.05) is 6.07 Å². The first-order chi connectivity index (χ1) is 8.33. The molecule has 0 N–H and O–H groups in total. The highest BCUT2D eigenvalue weighted by molar-refractivity contribution is 5.46. The first kappa shape index (κ1) is 11.3. The molecule has 3 heteroatoms. The molecule has 0 saturated heterocycles. The maximum atomic E-state index is 5.65. The van der Waals surface area contributed by atoms with Gasteiger partial charge in [0.25, 0.3) is 0 Å². The number of rotatable bonds is 4. The third-order valence-corrected chi connectivity index (χ3v) is 2.27. The van der Waals surface area contributed by atoms with Crippen LogP contribution in [0.25, 0.3) is 0 Å². The van der Waals surface area contributed by atoms with Gasteiger partial charge >= 0.3 is 0 Å². The van der Waals surface area contributed by atoms with Gasteiger partial charge in [0.15, 0.2) is 11.5 Å². The Kier molecular flexibility index (Phi) is 3.50. The average Bonchev–Trinajstić information content (AvgIpc) is 2.40. The van der Waals surface area contributed by atoms with Gasteiger partial charge in [-0.1, -0.05) is 12.1 Å². The maximum absolute atomic E-state index is 5.65. The zero-order valence-electron chi connectivity index (χ0n) is 9.77. The fraction of sp³-hybridized carbons (Fsp3) is 0.143. The molecule has 0 atom stereocenters.